The Morgan fingerprint density at radius 3 is 2.68 bits per heavy atom. The number of carbonyl (C=O) groups excluding carboxylic acids is 1. The van der Waals surface area contributed by atoms with Gasteiger partial charge in [-0.3, -0.25) is 4.79 Å². The molecule has 0 saturated carbocycles. The van der Waals surface area contributed by atoms with Gasteiger partial charge in [0.1, 0.15) is 12.3 Å². The summed E-state index contributed by atoms with van der Waals surface area (Å²) < 4.78 is 9.83. The highest BCUT2D eigenvalue weighted by atomic mass is 16.6. The van der Waals surface area contributed by atoms with Gasteiger partial charge in [-0.05, 0) is 19.0 Å². The average Bonchev–Trinajstić information content (AvgIpc) is 2.88. The number of nitrogens with one attached hydrogen (secondary N) is 1. The van der Waals surface area contributed by atoms with Crippen molar-refractivity contribution in [2.75, 3.05) is 32.1 Å². The summed E-state index contributed by atoms with van der Waals surface area (Å²) in [6.07, 6.45) is 1.51. The molecule has 22 heavy (non-hydrogen) atoms. The van der Waals surface area contributed by atoms with E-state index in [1.165, 1.54) is 6.20 Å². The highest BCUT2D eigenvalue weighted by Gasteiger charge is 2.12. The normalized spacial score (nSPS) is 10.4. The molecule has 2 rings (SSSR count). The van der Waals surface area contributed by atoms with Crippen molar-refractivity contribution in [3.05, 3.63) is 23.1 Å². The van der Waals surface area contributed by atoms with Crippen LogP contribution in [-0.4, -0.2) is 53.4 Å². The summed E-state index contributed by atoms with van der Waals surface area (Å²) in [6, 6.07) is 0. The summed E-state index contributed by atoms with van der Waals surface area (Å²) in [5, 5.41) is 9.91. The third-order valence-electron chi connectivity index (χ3n) is 2.85. The summed E-state index contributed by atoms with van der Waals surface area (Å²) in [5.41, 5.74) is 1.62. The number of rotatable bonds is 6. The quantitative estimate of drug-likeness (QED) is 0.762. The molecule has 0 unspecified atom stereocenters. The van der Waals surface area contributed by atoms with Gasteiger partial charge in [0.2, 0.25) is 5.95 Å². The summed E-state index contributed by atoms with van der Waals surface area (Å²) >= 11 is 0. The van der Waals surface area contributed by atoms with Gasteiger partial charge < -0.3 is 15.0 Å². The third-order valence-corrected chi connectivity index (χ3v) is 2.85. The van der Waals surface area contributed by atoms with E-state index in [0.29, 0.717) is 35.3 Å². The number of aromatic nitrogens is 4. The van der Waals surface area contributed by atoms with Gasteiger partial charge in [-0.25, -0.2) is 14.6 Å². The Labute approximate surface area is 127 Å². The number of anilines is 1. The largest absolute Gasteiger partial charge is 0.472 e. The average molecular weight is 306 g/mol. The first-order valence-electron chi connectivity index (χ1n) is 6.70. The van der Waals surface area contributed by atoms with Gasteiger partial charge in [-0.15, -0.1) is 0 Å². The second-order valence-corrected chi connectivity index (χ2v) is 4.82. The Bertz CT molecular complexity index is 655. The predicted octanol–water partition coefficient (Wildman–Crippen LogP) is 0.351. The number of aryl methyl sites for hydroxylation is 2. The van der Waals surface area contributed by atoms with E-state index in [1.54, 1.807) is 18.7 Å². The lowest BCUT2D eigenvalue weighted by Crippen LogP contribution is -2.29. The van der Waals surface area contributed by atoms with Crippen LogP contribution in [0.3, 0.4) is 0 Å². The lowest BCUT2D eigenvalue weighted by molar-refractivity contribution is 0.0945. The second-order valence-electron chi connectivity index (χ2n) is 4.82. The Hall–Kier alpha value is -2.71. The van der Waals surface area contributed by atoms with E-state index in [1.807, 2.05) is 14.1 Å². The van der Waals surface area contributed by atoms with Crippen LogP contribution in [0.25, 0.3) is 0 Å². The zero-order valence-corrected chi connectivity index (χ0v) is 13.0. The molecule has 0 radical (unpaired) electrons. The summed E-state index contributed by atoms with van der Waals surface area (Å²) in [5.74, 6) is 0.636. The van der Waals surface area contributed by atoms with Crippen LogP contribution in [0.1, 0.15) is 21.7 Å². The molecule has 2 aromatic rings. The minimum atomic E-state index is -0.249. The zero-order valence-electron chi connectivity index (χ0n) is 13.0. The number of nitrogens with zero attached hydrogens (tertiary/aromatic N) is 5. The van der Waals surface area contributed by atoms with E-state index >= 15 is 0 Å². The van der Waals surface area contributed by atoms with Gasteiger partial charge in [-0.1, -0.05) is 5.16 Å². The van der Waals surface area contributed by atoms with Gasteiger partial charge in [0.15, 0.2) is 0 Å². The monoisotopic (exact) mass is 306 g/mol. The highest BCUT2D eigenvalue weighted by Crippen LogP contribution is 2.10. The number of amides is 1. The van der Waals surface area contributed by atoms with Crippen molar-refractivity contribution in [1.29, 1.82) is 0 Å². The zero-order chi connectivity index (χ0) is 16.1. The molecule has 0 aliphatic carbocycles. The molecule has 1 N–H and O–H groups in total. The van der Waals surface area contributed by atoms with Crippen LogP contribution < -0.4 is 15.0 Å². The van der Waals surface area contributed by atoms with Crippen molar-refractivity contribution in [2.24, 2.45) is 0 Å². The lowest BCUT2D eigenvalue weighted by atomic mass is 10.2. The van der Waals surface area contributed by atoms with Crippen molar-refractivity contribution in [1.82, 2.24) is 25.6 Å². The molecule has 0 aromatic carbocycles. The molecule has 9 heteroatoms. The lowest BCUT2D eigenvalue weighted by Gasteiger charge is -2.12. The van der Waals surface area contributed by atoms with Crippen LogP contribution in [0, 0.1) is 13.8 Å². The highest BCUT2D eigenvalue weighted by molar-refractivity contribution is 5.94. The maximum Gasteiger partial charge on any atom is 0.278 e. The van der Waals surface area contributed by atoms with Crippen LogP contribution in [0.2, 0.25) is 0 Å². The third kappa shape index (κ3) is 3.68. The summed E-state index contributed by atoms with van der Waals surface area (Å²) in [4.78, 5) is 22.2. The predicted molar refractivity (Wildman–Crippen MR) is 78.0 cm³/mol. The molecule has 0 aliphatic rings. The van der Waals surface area contributed by atoms with E-state index in [2.05, 4.69) is 30.2 Å². The molecule has 0 saturated heterocycles. The molecule has 118 valence electrons. The van der Waals surface area contributed by atoms with E-state index in [0.717, 1.165) is 0 Å². The number of ether oxygens (including phenoxy) is 1. The van der Waals surface area contributed by atoms with Gasteiger partial charge in [0.05, 0.1) is 17.8 Å². The molecule has 0 bridgehead atoms. The fourth-order valence-electron chi connectivity index (χ4n) is 1.66. The van der Waals surface area contributed by atoms with Gasteiger partial charge in [0.25, 0.3) is 11.8 Å². The minimum Gasteiger partial charge on any atom is -0.472 e. The van der Waals surface area contributed by atoms with Gasteiger partial charge in [-0.2, -0.15) is 0 Å². The van der Waals surface area contributed by atoms with E-state index < -0.39 is 0 Å². The molecule has 9 nitrogen and oxygen atoms in total. The first-order valence-corrected chi connectivity index (χ1v) is 6.70. The Kier molecular flexibility index (Phi) is 4.87. The van der Waals surface area contributed by atoms with Crippen molar-refractivity contribution >= 4 is 11.9 Å². The Morgan fingerprint density at radius 2 is 2.09 bits per heavy atom. The molecule has 0 aliphatic heterocycles. The number of hydrogen-bond acceptors (Lipinski definition) is 8. The van der Waals surface area contributed by atoms with Gasteiger partial charge >= 0.3 is 0 Å². The standard InChI is InChI=1S/C13H18N6O3/c1-8-10(7-15-13(16-8)19(3)4)11(20)14-5-6-21-12-9(2)17-22-18-12/h7H,5-6H2,1-4H3,(H,14,20). The Morgan fingerprint density at radius 1 is 1.32 bits per heavy atom. The fraction of sp³-hybridized carbons (Fsp3) is 0.462. The first-order chi connectivity index (χ1) is 10.5. The van der Waals surface area contributed by atoms with Crippen molar-refractivity contribution in [3.63, 3.8) is 0 Å². The maximum atomic E-state index is 12.1. The first kappa shape index (κ1) is 15.7. The minimum absolute atomic E-state index is 0.249. The second kappa shape index (κ2) is 6.83. The number of carbonyl (C=O) groups is 1. The molecule has 0 spiro atoms. The van der Waals surface area contributed by atoms with Crippen LogP contribution >= 0.6 is 0 Å². The number of hydrogen-bond donors (Lipinski definition) is 1. The Balaban J connectivity index is 1.86. The summed E-state index contributed by atoms with van der Waals surface area (Å²) in [6.45, 7) is 4.07. The van der Waals surface area contributed by atoms with Crippen molar-refractivity contribution in [2.45, 2.75) is 13.8 Å². The van der Waals surface area contributed by atoms with Crippen LogP contribution in [0.15, 0.2) is 10.8 Å². The molecular formula is C13H18N6O3. The van der Waals surface area contributed by atoms with E-state index in [-0.39, 0.29) is 12.5 Å². The van der Waals surface area contributed by atoms with Crippen LogP contribution in [0.4, 0.5) is 5.95 Å². The van der Waals surface area contributed by atoms with Crippen molar-refractivity contribution < 1.29 is 14.2 Å². The molecule has 2 heterocycles. The van der Waals surface area contributed by atoms with Gasteiger partial charge in [0, 0.05) is 20.3 Å². The molecule has 0 atom stereocenters. The fourth-order valence-corrected chi connectivity index (χ4v) is 1.66. The van der Waals surface area contributed by atoms with E-state index in [4.69, 9.17) is 4.74 Å². The van der Waals surface area contributed by atoms with Crippen molar-refractivity contribution in [3.8, 4) is 5.88 Å². The molecule has 2 aromatic heterocycles. The van der Waals surface area contributed by atoms with E-state index in [9.17, 15) is 4.79 Å². The van der Waals surface area contributed by atoms with Crippen LogP contribution in [-0.2, 0) is 0 Å². The molecule has 1 amide bonds. The topological polar surface area (TPSA) is 106 Å². The SMILES string of the molecule is Cc1nc(N(C)C)ncc1C(=O)NCCOc1nonc1C. The molecule has 0 fully saturated rings. The maximum absolute atomic E-state index is 12.1. The van der Waals surface area contributed by atoms with Crippen LogP contribution in [0.5, 0.6) is 5.88 Å². The molecular weight excluding hydrogens is 288 g/mol. The smallest absolute Gasteiger partial charge is 0.278 e. The summed E-state index contributed by atoms with van der Waals surface area (Å²) in [7, 11) is 3.68.